The van der Waals surface area contributed by atoms with Crippen molar-refractivity contribution < 1.29 is 23.9 Å². The number of aromatic nitrogens is 1. The van der Waals surface area contributed by atoms with Crippen molar-refractivity contribution in [1.29, 1.82) is 0 Å². The number of H-pyrrole nitrogens is 1. The molecule has 3 atom stereocenters. The number of esters is 1. The molecule has 0 unspecified atom stereocenters. The third-order valence-corrected chi connectivity index (χ3v) is 6.06. The molecule has 0 saturated carbocycles. The molecule has 0 spiro atoms. The summed E-state index contributed by atoms with van der Waals surface area (Å²) < 4.78 is 10.3. The second-order valence-electron chi connectivity index (χ2n) is 8.16. The van der Waals surface area contributed by atoms with Crippen molar-refractivity contribution in [2.24, 2.45) is 0 Å². The lowest BCUT2D eigenvalue weighted by atomic mass is 9.91. The highest BCUT2D eigenvalue weighted by molar-refractivity contribution is 5.92. The number of methoxy groups -OCH3 is 1. The Morgan fingerprint density at radius 2 is 1.82 bits per heavy atom. The van der Waals surface area contributed by atoms with E-state index in [2.05, 4.69) is 10.3 Å². The molecule has 2 N–H and O–H groups in total. The van der Waals surface area contributed by atoms with Crippen molar-refractivity contribution in [3.05, 3.63) is 71.4 Å². The summed E-state index contributed by atoms with van der Waals surface area (Å²) in [6.45, 7) is 3.53. The van der Waals surface area contributed by atoms with Crippen molar-refractivity contribution in [3.8, 4) is 0 Å². The fraction of sp³-hybridized carbons (Fsp3) is 0.320. The number of amides is 2. The maximum absolute atomic E-state index is 13.4. The van der Waals surface area contributed by atoms with Gasteiger partial charge in [-0.1, -0.05) is 48.5 Å². The summed E-state index contributed by atoms with van der Waals surface area (Å²) in [7, 11) is 1.31. The van der Waals surface area contributed by atoms with Gasteiger partial charge in [0.05, 0.1) is 13.2 Å². The van der Waals surface area contributed by atoms with Crippen LogP contribution in [0, 0.1) is 0 Å². The molecule has 1 aromatic heterocycles. The lowest BCUT2D eigenvalue weighted by Crippen LogP contribution is -2.56. The number of nitrogens with zero attached hydrogens (tertiary/aromatic N) is 1. The van der Waals surface area contributed by atoms with Crippen molar-refractivity contribution in [2.45, 2.75) is 45.0 Å². The van der Waals surface area contributed by atoms with Crippen LogP contribution in [0.4, 0.5) is 4.79 Å². The minimum absolute atomic E-state index is 0.0942. The molecule has 1 aliphatic heterocycles. The molecule has 8 heteroatoms. The van der Waals surface area contributed by atoms with Gasteiger partial charge in [-0.25, -0.2) is 9.59 Å². The van der Waals surface area contributed by atoms with Crippen LogP contribution in [0.15, 0.2) is 54.6 Å². The van der Waals surface area contributed by atoms with Gasteiger partial charge in [0.25, 0.3) is 0 Å². The molecule has 172 valence electrons. The highest BCUT2D eigenvalue weighted by Gasteiger charge is 2.42. The molecular weight excluding hydrogens is 422 g/mol. The third kappa shape index (κ3) is 4.41. The Morgan fingerprint density at radius 1 is 1.12 bits per heavy atom. The van der Waals surface area contributed by atoms with Crippen LogP contribution in [0.1, 0.15) is 36.7 Å². The Labute approximate surface area is 191 Å². The molecule has 0 saturated heterocycles. The van der Waals surface area contributed by atoms with E-state index in [1.807, 2.05) is 61.5 Å². The molecule has 8 nitrogen and oxygen atoms in total. The Kier molecular flexibility index (Phi) is 6.35. The SMILES string of the molecule is COC(=O)[C@@H]1Cc2c([nH]c3ccccc23)[C@H](C)N1C(=O)[C@H](C)NC(=O)OCc1ccccc1. The minimum atomic E-state index is -0.895. The number of hydrogen-bond acceptors (Lipinski definition) is 5. The van der Waals surface area contributed by atoms with Gasteiger partial charge in [-0.15, -0.1) is 0 Å². The van der Waals surface area contributed by atoms with E-state index in [-0.39, 0.29) is 12.5 Å². The van der Waals surface area contributed by atoms with E-state index in [1.54, 1.807) is 6.92 Å². The topological polar surface area (TPSA) is 101 Å². The molecule has 0 aliphatic carbocycles. The number of benzene rings is 2. The number of carbonyl (C=O) groups excluding carboxylic acids is 3. The van der Waals surface area contributed by atoms with Gasteiger partial charge in [-0.05, 0) is 31.0 Å². The molecular formula is C25H27N3O5. The first kappa shape index (κ1) is 22.4. The van der Waals surface area contributed by atoms with Crippen molar-refractivity contribution in [3.63, 3.8) is 0 Å². The summed E-state index contributed by atoms with van der Waals surface area (Å²) in [4.78, 5) is 43.2. The number of aromatic amines is 1. The van der Waals surface area contributed by atoms with E-state index in [4.69, 9.17) is 9.47 Å². The predicted molar refractivity (Wildman–Crippen MR) is 122 cm³/mol. The van der Waals surface area contributed by atoms with Gasteiger partial charge in [-0.3, -0.25) is 4.79 Å². The number of hydrogen-bond donors (Lipinski definition) is 2. The molecule has 0 fully saturated rings. The molecule has 2 aromatic carbocycles. The van der Waals surface area contributed by atoms with Crippen LogP contribution < -0.4 is 5.32 Å². The minimum Gasteiger partial charge on any atom is -0.467 e. The monoisotopic (exact) mass is 449 g/mol. The van der Waals surface area contributed by atoms with Gasteiger partial charge in [-0.2, -0.15) is 0 Å². The second-order valence-corrected chi connectivity index (χ2v) is 8.16. The van der Waals surface area contributed by atoms with Crippen LogP contribution in [0.25, 0.3) is 10.9 Å². The Balaban J connectivity index is 1.52. The molecule has 0 bridgehead atoms. The van der Waals surface area contributed by atoms with Crippen LogP contribution in [0.2, 0.25) is 0 Å². The van der Waals surface area contributed by atoms with Gasteiger partial charge in [0, 0.05) is 23.0 Å². The number of rotatable bonds is 5. The van der Waals surface area contributed by atoms with Crippen molar-refractivity contribution in [1.82, 2.24) is 15.2 Å². The molecule has 3 aromatic rings. The van der Waals surface area contributed by atoms with Crippen molar-refractivity contribution >= 4 is 28.9 Å². The summed E-state index contributed by atoms with van der Waals surface area (Å²) >= 11 is 0. The summed E-state index contributed by atoms with van der Waals surface area (Å²) in [6.07, 6.45) is -0.377. The van der Waals surface area contributed by atoms with Gasteiger partial charge in [0.1, 0.15) is 18.7 Å². The molecule has 4 rings (SSSR count). The quantitative estimate of drug-likeness (QED) is 0.581. The average molecular weight is 450 g/mol. The van der Waals surface area contributed by atoms with Gasteiger partial charge < -0.3 is 24.7 Å². The van der Waals surface area contributed by atoms with E-state index < -0.39 is 30.2 Å². The lowest BCUT2D eigenvalue weighted by Gasteiger charge is -2.40. The maximum Gasteiger partial charge on any atom is 0.408 e. The van der Waals surface area contributed by atoms with E-state index in [0.717, 1.165) is 27.7 Å². The first-order valence-electron chi connectivity index (χ1n) is 10.9. The maximum atomic E-state index is 13.4. The highest BCUT2D eigenvalue weighted by atomic mass is 16.5. The van der Waals surface area contributed by atoms with Crippen LogP contribution in [0.3, 0.4) is 0 Å². The highest BCUT2D eigenvalue weighted by Crippen LogP contribution is 2.37. The molecule has 1 aliphatic rings. The zero-order valence-electron chi connectivity index (χ0n) is 18.8. The van der Waals surface area contributed by atoms with E-state index >= 15 is 0 Å². The zero-order valence-corrected chi connectivity index (χ0v) is 18.8. The first-order valence-corrected chi connectivity index (χ1v) is 10.9. The Morgan fingerprint density at radius 3 is 2.55 bits per heavy atom. The van der Waals surface area contributed by atoms with Crippen LogP contribution in [-0.4, -0.2) is 47.0 Å². The molecule has 2 amide bonds. The Bertz CT molecular complexity index is 1170. The number of nitrogens with one attached hydrogen (secondary N) is 2. The summed E-state index contributed by atoms with van der Waals surface area (Å²) in [5, 5.41) is 3.61. The summed E-state index contributed by atoms with van der Waals surface area (Å²) in [5.74, 6) is -0.885. The van der Waals surface area contributed by atoms with Crippen LogP contribution >= 0.6 is 0 Å². The largest absolute Gasteiger partial charge is 0.467 e. The smallest absolute Gasteiger partial charge is 0.408 e. The molecule has 33 heavy (non-hydrogen) atoms. The van der Waals surface area contributed by atoms with Gasteiger partial charge in [0.2, 0.25) is 5.91 Å². The van der Waals surface area contributed by atoms with Crippen LogP contribution in [0.5, 0.6) is 0 Å². The van der Waals surface area contributed by atoms with Gasteiger partial charge in [0.15, 0.2) is 0 Å². The lowest BCUT2D eigenvalue weighted by molar-refractivity contribution is -0.156. The zero-order chi connectivity index (χ0) is 23.5. The molecule has 0 radical (unpaired) electrons. The molecule has 2 heterocycles. The predicted octanol–water partition coefficient (Wildman–Crippen LogP) is 3.47. The summed E-state index contributed by atoms with van der Waals surface area (Å²) in [6, 6.07) is 15.0. The Hall–Kier alpha value is -3.81. The van der Waals surface area contributed by atoms with E-state index in [9.17, 15) is 14.4 Å². The normalized spacial score (nSPS) is 18.3. The fourth-order valence-electron chi connectivity index (χ4n) is 4.40. The number of para-hydroxylation sites is 1. The number of fused-ring (bicyclic) bond motifs is 3. The average Bonchev–Trinajstić information content (AvgIpc) is 3.21. The third-order valence-electron chi connectivity index (χ3n) is 6.06. The summed E-state index contributed by atoms with van der Waals surface area (Å²) in [5.41, 5.74) is 3.67. The number of alkyl carbamates (subject to hydrolysis) is 1. The van der Waals surface area contributed by atoms with E-state index in [0.29, 0.717) is 6.42 Å². The van der Waals surface area contributed by atoms with Crippen LogP contribution in [-0.2, 0) is 32.1 Å². The number of ether oxygens (including phenoxy) is 2. The standard InChI is InChI=1S/C25H27N3O5/c1-15(26-25(31)33-14-17-9-5-4-6-10-17)23(29)28-16(2)22-19(13-21(28)24(30)32-3)18-11-7-8-12-20(18)27-22/h4-12,15-16,21,27H,13-14H2,1-3H3,(H,26,31)/t15-,16-,21-/m0/s1. The number of carbonyl (C=O) groups is 3. The first-order chi connectivity index (χ1) is 15.9. The second kappa shape index (κ2) is 9.36. The van der Waals surface area contributed by atoms with Gasteiger partial charge >= 0.3 is 12.1 Å². The van der Waals surface area contributed by atoms with E-state index in [1.165, 1.54) is 12.0 Å². The fourth-order valence-corrected chi connectivity index (χ4v) is 4.40. The van der Waals surface area contributed by atoms with Crippen molar-refractivity contribution in [2.75, 3.05) is 7.11 Å².